The largest absolute Gasteiger partial charge is 0.493 e. The Kier molecular flexibility index (Phi) is 6.06. The number of benzene rings is 1. The van der Waals surface area contributed by atoms with Crippen LogP contribution < -0.4 is 10.1 Å². The van der Waals surface area contributed by atoms with Gasteiger partial charge in [-0.2, -0.15) is 11.8 Å². The van der Waals surface area contributed by atoms with Crippen molar-refractivity contribution < 1.29 is 4.74 Å². The van der Waals surface area contributed by atoms with Gasteiger partial charge in [0.2, 0.25) is 0 Å². The van der Waals surface area contributed by atoms with E-state index in [2.05, 4.69) is 32.2 Å². The summed E-state index contributed by atoms with van der Waals surface area (Å²) in [7, 11) is 0. The third kappa shape index (κ3) is 4.31. The maximum atomic E-state index is 6.24. The molecule has 4 heteroatoms. The molecule has 0 bridgehead atoms. The Bertz CT molecular complexity index is 450. The first kappa shape index (κ1) is 16.0. The highest BCUT2D eigenvalue weighted by molar-refractivity contribution is 7.99. The van der Waals surface area contributed by atoms with Gasteiger partial charge in [0.05, 0.1) is 6.61 Å². The predicted molar refractivity (Wildman–Crippen MR) is 89.4 cm³/mol. The number of ether oxygens (including phenoxy) is 1. The average Bonchev–Trinajstić information content (AvgIpc) is 2.84. The first-order valence-electron chi connectivity index (χ1n) is 7.39. The van der Waals surface area contributed by atoms with Crippen molar-refractivity contribution in [2.45, 2.75) is 44.9 Å². The molecule has 1 aromatic carbocycles. The number of likely N-dealkylation sites (N-methyl/N-ethyl adjacent to an activating group) is 1. The fourth-order valence-electron chi connectivity index (χ4n) is 2.55. The SMILES string of the molecule is CCNC(CSC(C)C)Cc1cc(Cl)cc2c1OCC2. The Labute approximate surface area is 131 Å². The van der Waals surface area contributed by atoms with Gasteiger partial charge < -0.3 is 10.1 Å². The van der Waals surface area contributed by atoms with E-state index in [1.54, 1.807) is 0 Å². The van der Waals surface area contributed by atoms with Crippen LogP contribution in [0.5, 0.6) is 5.75 Å². The standard InChI is InChI=1S/C16H24ClNOS/c1-4-18-15(10-20-11(2)3)9-13-8-14(17)7-12-5-6-19-16(12)13/h7-8,11,15,18H,4-6,9-10H2,1-3H3. The van der Waals surface area contributed by atoms with Crippen LogP contribution in [0.15, 0.2) is 12.1 Å². The lowest BCUT2D eigenvalue weighted by Gasteiger charge is -2.20. The fraction of sp³-hybridized carbons (Fsp3) is 0.625. The molecule has 1 heterocycles. The van der Waals surface area contributed by atoms with Crippen molar-refractivity contribution >= 4 is 23.4 Å². The smallest absolute Gasteiger partial charge is 0.125 e. The molecule has 0 aromatic heterocycles. The lowest BCUT2D eigenvalue weighted by atomic mass is 10.0. The first-order chi connectivity index (χ1) is 9.60. The summed E-state index contributed by atoms with van der Waals surface area (Å²) in [5.41, 5.74) is 2.51. The van der Waals surface area contributed by atoms with Crippen molar-refractivity contribution in [1.82, 2.24) is 5.32 Å². The maximum Gasteiger partial charge on any atom is 0.125 e. The Hall–Kier alpha value is -0.380. The Morgan fingerprint density at radius 3 is 2.90 bits per heavy atom. The van der Waals surface area contributed by atoms with Crippen LogP contribution in [0.4, 0.5) is 0 Å². The minimum absolute atomic E-state index is 0.471. The van der Waals surface area contributed by atoms with Crippen LogP contribution in [0.2, 0.25) is 5.02 Å². The molecule has 1 atom stereocenters. The van der Waals surface area contributed by atoms with Gasteiger partial charge in [-0.15, -0.1) is 0 Å². The second kappa shape index (κ2) is 7.58. The van der Waals surface area contributed by atoms with E-state index in [1.165, 1.54) is 11.1 Å². The van der Waals surface area contributed by atoms with Crippen molar-refractivity contribution in [2.75, 3.05) is 18.9 Å². The molecule has 0 fully saturated rings. The van der Waals surface area contributed by atoms with Gasteiger partial charge in [-0.05, 0) is 41.5 Å². The summed E-state index contributed by atoms with van der Waals surface area (Å²) in [6, 6.07) is 4.58. The van der Waals surface area contributed by atoms with Crippen molar-refractivity contribution in [3.05, 3.63) is 28.3 Å². The van der Waals surface area contributed by atoms with E-state index < -0.39 is 0 Å². The number of fused-ring (bicyclic) bond motifs is 1. The third-order valence-electron chi connectivity index (χ3n) is 3.42. The number of hydrogen-bond acceptors (Lipinski definition) is 3. The monoisotopic (exact) mass is 313 g/mol. The number of hydrogen-bond donors (Lipinski definition) is 1. The van der Waals surface area contributed by atoms with E-state index >= 15 is 0 Å². The van der Waals surface area contributed by atoms with E-state index in [0.29, 0.717) is 11.3 Å². The summed E-state index contributed by atoms with van der Waals surface area (Å²) in [4.78, 5) is 0. The summed E-state index contributed by atoms with van der Waals surface area (Å²) in [6.45, 7) is 8.43. The topological polar surface area (TPSA) is 21.3 Å². The van der Waals surface area contributed by atoms with Gasteiger partial charge in [-0.1, -0.05) is 32.4 Å². The van der Waals surface area contributed by atoms with Gasteiger partial charge in [0.15, 0.2) is 0 Å². The lowest BCUT2D eigenvalue weighted by Crippen LogP contribution is -2.33. The molecule has 20 heavy (non-hydrogen) atoms. The molecule has 0 spiro atoms. The number of nitrogens with one attached hydrogen (secondary N) is 1. The molecule has 0 amide bonds. The average molecular weight is 314 g/mol. The number of rotatable bonds is 7. The summed E-state index contributed by atoms with van der Waals surface area (Å²) < 4.78 is 5.80. The summed E-state index contributed by atoms with van der Waals surface area (Å²) in [5.74, 6) is 2.19. The van der Waals surface area contributed by atoms with Crippen LogP contribution in [-0.4, -0.2) is 30.2 Å². The normalized spacial score (nSPS) is 15.2. The number of halogens is 1. The third-order valence-corrected chi connectivity index (χ3v) is 4.89. The van der Waals surface area contributed by atoms with Crippen LogP contribution in [0, 0.1) is 0 Å². The highest BCUT2D eigenvalue weighted by atomic mass is 35.5. The fourth-order valence-corrected chi connectivity index (χ4v) is 3.67. The van der Waals surface area contributed by atoms with Crippen molar-refractivity contribution in [3.63, 3.8) is 0 Å². The molecular weight excluding hydrogens is 290 g/mol. The number of thioether (sulfide) groups is 1. The van der Waals surface area contributed by atoms with Crippen LogP contribution in [-0.2, 0) is 12.8 Å². The van der Waals surface area contributed by atoms with Gasteiger partial charge in [0.25, 0.3) is 0 Å². The minimum Gasteiger partial charge on any atom is -0.493 e. The van der Waals surface area contributed by atoms with E-state index in [4.69, 9.17) is 16.3 Å². The second-order valence-electron chi connectivity index (χ2n) is 5.49. The maximum absolute atomic E-state index is 6.24. The molecule has 0 aliphatic carbocycles. The summed E-state index contributed by atoms with van der Waals surface area (Å²) >= 11 is 8.24. The molecule has 0 saturated heterocycles. The molecule has 2 rings (SSSR count). The highest BCUT2D eigenvalue weighted by Gasteiger charge is 2.20. The van der Waals surface area contributed by atoms with Crippen LogP contribution >= 0.6 is 23.4 Å². The van der Waals surface area contributed by atoms with Crippen LogP contribution in [0.1, 0.15) is 31.9 Å². The predicted octanol–water partition coefficient (Wildman–Crippen LogP) is 3.94. The molecule has 2 nitrogen and oxygen atoms in total. The Balaban J connectivity index is 2.10. The summed E-state index contributed by atoms with van der Waals surface area (Å²) in [6.07, 6.45) is 1.96. The minimum atomic E-state index is 0.471. The first-order valence-corrected chi connectivity index (χ1v) is 8.82. The van der Waals surface area contributed by atoms with Crippen LogP contribution in [0.3, 0.4) is 0 Å². The van der Waals surface area contributed by atoms with E-state index in [1.807, 2.05) is 17.8 Å². The zero-order valence-corrected chi connectivity index (χ0v) is 14.1. The van der Waals surface area contributed by atoms with Crippen molar-refractivity contribution in [1.29, 1.82) is 0 Å². The van der Waals surface area contributed by atoms with Gasteiger partial charge in [-0.25, -0.2) is 0 Å². The second-order valence-corrected chi connectivity index (χ2v) is 7.54. The van der Waals surface area contributed by atoms with E-state index in [0.717, 1.165) is 42.5 Å². The molecule has 1 aliphatic rings. The molecule has 1 aromatic rings. The molecule has 1 unspecified atom stereocenters. The van der Waals surface area contributed by atoms with Gasteiger partial charge in [0.1, 0.15) is 5.75 Å². The van der Waals surface area contributed by atoms with Gasteiger partial charge in [-0.3, -0.25) is 0 Å². The van der Waals surface area contributed by atoms with E-state index in [9.17, 15) is 0 Å². The van der Waals surface area contributed by atoms with E-state index in [-0.39, 0.29) is 0 Å². The zero-order chi connectivity index (χ0) is 14.5. The molecule has 112 valence electrons. The van der Waals surface area contributed by atoms with Gasteiger partial charge >= 0.3 is 0 Å². The van der Waals surface area contributed by atoms with Crippen LogP contribution in [0.25, 0.3) is 0 Å². The van der Waals surface area contributed by atoms with Crippen molar-refractivity contribution in [3.8, 4) is 5.75 Å². The zero-order valence-electron chi connectivity index (χ0n) is 12.5. The highest BCUT2D eigenvalue weighted by Crippen LogP contribution is 2.33. The van der Waals surface area contributed by atoms with Crippen molar-refractivity contribution in [2.24, 2.45) is 0 Å². The quantitative estimate of drug-likeness (QED) is 0.824. The van der Waals surface area contributed by atoms with Gasteiger partial charge in [0, 0.05) is 23.2 Å². The lowest BCUT2D eigenvalue weighted by molar-refractivity contribution is 0.352. The Morgan fingerprint density at radius 2 is 2.20 bits per heavy atom. The summed E-state index contributed by atoms with van der Waals surface area (Å²) in [5, 5.41) is 5.07. The molecule has 0 radical (unpaired) electrons. The molecular formula is C16H24ClNOS. The molecule has 0 saturated carbocycles. The molecule has 1 N–H and O–H groups in total. The molecule has 1 aliphatic heterocycles. The Morgan fingerprint density at radius 1 is 1.40 bits per heavy atom.